The number of benzene rings is 1. The summed E-state index contributed by atoms with van der Waals surface area (Å²) in [6.07, 6.45) is 4.16. The van der Waals surface area contributed by atoms with Gasteiger partial charge in [0.05, 0.1) is 6.54 Å². The Balaban J connectivity index is 1.85. The molecule has 1 heterocycles. The molecule has 0 atom stereocenters. The average molecular weight is 290 g/mol. The fourth-order valence-electron chi connectivity index (χ4n) is 2.58. The summed E-state index contributed by atoms with van der Waals surface area (Å²) in [6.45, 7) is 2.41. The van der Waals surface area contributed by atoms with Gasteiger partial charge in [0.15, 0.2) is 0 Å². The number of hydrogen-bond donors (Lipinski definition) is 2. The number of amides is 1. The maximum Gasteiger partial charge on any atom is 0.303 e. The minimum absolute atomic E-state index is 0.00714. The number of aliphatic carboxylic acids is 1. The number of nitrogens with one attached hydrogen (secondary N) is 1. The summed E-state index contributed by atoms with van der Waals surface area (Å²) in [7, 11) is 0. The molecule has 2 N–H and O–H groups in total. The molecule has 1 saturated heterocycles. The molecule has 21 heavy (non-hydrogen) atoms. The van der Waals surface area contributed by atoms with Gasteiger partial charge in [-0.25, -0.2) is 0 Å². The Hall–Kier alpha value is -1.88. The average Bonchev–Trinajstić information content (AvgIpc) is 2.46. The molecule has 0 radical (unpaired) electrons. The molecule has 2 rings (SSSR count). The maximum absolute atomic E-state index is 12.0. The molecule has 0 aliphatic carbocycles. The standard InChI is InChI=1S/C16H22N2O3/c19-15(12-18-9-2-1-3-10-18)17-14-6-4-5-13(11-14)7-8-16(20)21/h4-6,11H,1-3,7-10,12H2,(H,17,19)(H,20,21). The Labute approximate surface area is 125 Å². The van der Waals surface area contributed by atoms with Crippen molar-refractivity contribution in [1.82, 2.24) is 4.90 Å². The predicted octanol–water partition coefficient (Wildman–Crippen LogP) is 2.13. The molecule has 1 aliphatic rings. The van der Waals surface area contributed by atoms with Crippen LogP contribution in [0.15, 0.2) is 24.3 Å². The van der Waals surface area contributed by atoms with Crippen LogP contribution in [0.3, 0.4) is 0 Å². The molecule has 0 bridgehead atoms. The smallest absolute Gasteiger partial charge is 0.303 e. The van der Waals surface area contributed by atoms with Crippen LogP contribution in [-0.4, -0.2) is 41.5 Å². The van der Waals surface area contributed by atoms with Gasteiger partial charge in [0, 0.05) is 12.1 Å². The van der Waals surface area contributed by atoms with E-state index in [0.717, 1.165) is 37.2 Å². The number of aryl methyl sites for hydroxylation is 1. The Morgan fingerprint density at radius 1 is 1.19 bits per heavy atom. The number of nitrogens with zero attached hydrogens (tertiary/aromatic N) is 1. The first-order valence-corrected chi connectivity index (χ1v) is 7.46. The van der Waals surface area contributed by atoms with Crippen molar-refractivity contribution in [3.8, 4) is 0 Å². The van der Waals surface area contributed by atoms with Gasteiger partial charge < -0.3 is 10.4 Å². The second-order valence-electron chi connectivity index (χ2n) is 5.48. The third-order valence-electron chi connectivity index (χ3n) is 3.65. The van der Waals surface area contributed by atoms with Crippen LogP contribution < -0.4 is 5.32 Å². The number of anilines is 1. The van der Waals surface area contributed by atoms with Crippen LogP contribution in [0.5, 0.6) is 0 Å². The lowest BCUT2D eigenvalue weighted by Gasteiger charge is -2.25. The number of rotatable bonds is 6. The molecule has 0 unspecified atom stereocenters. The van der Waals surface area contributed by atoms with Gasteiger partial charge in [-0.1, -0.05) is 18.6 Å². The van der Waals surface area contributed by atoms with Gasteiger partial charge in [-0.2, -0.15) is 0 Å². The normalized spacial score (nSPS) is 15.6. The molecular formula is C16H22N2O3. The van der Waals surface area contributed by atoms with Gasteiger partial charge in [-0.15, -0.1) is 0 Å². The van der Waals surface area contributed by atoms with Crippen molar-refractivity contribution >= 4 is 17.6 Å². The molecule has 0 aromatic heterocycles. The summed E-state index contributed by atoms with van der Waals surface area (Å²) < 4.78 is 0. The van der Waals surface area contributed by atoms with Crippen LogP contribution in [0.4, 0.5) is 5.69 Å². The summed E-state index contributed by atoms with van der Waals surface area (Å²) in [5.74, 6) is -0.818. The van der Waals surface area contributed by atoms with E-state index in [0.29, 0.717) is 13.0 Å². The Morgan fingerprint density at radius 2 is 1.95 bits per heavy atom. The molecule has 1 aromatic rings. The van der Waals surface area contributed by atoms with Crippen LogP contribution >= 0.6 is 0 Å². The van der Waals surface area contributed by atoms with Crippen LogP contribution in [0.25, 0.3) is 0 Å². The van der Waals surface area contributed by atoms with Crippen molar-refractivity contribution in [3.05, 3.63) is 29.8 Å². The van der Waals surface area contributed by atoms with E-state index in [1.807, 2.05) is 24.3 Å². The minimum atomic E-state index is -0.811. The number of carbonyl (C=O) groups is 2. The molecule has 1 aliphatic heterocycles. The highest BCUT2D eigenvalue weighted by atomic mass is 16.4. The first kappa shape index (κ1) is 15.5. The van der Waals surface area contributed by atoms with E-state index in [9.17, 15) is 9.59 Å². The van der Waals surface area contributed by atoms with Crippen molar-refractivity contribution in [3.63, 3.8) is 0 Å². The third-order valence-corrected chi connectivity index (χ3v) is 3.65. The van der Waals surface area contributed by atoms with Gasteiger partial charge in [0.2, 0.25) is 5.91 Å². The topological polar surface area (TPSA) is 69.6 Å². The van der Waals surface area contributed by atoms with Crippen molar-refractivity contribution in [2.75, 3.05) is 25.0 Å². The number of carbonyl (C=O) groups excluding carboxylic acids is 1. The summed E-state index contributed by atoms with van der Waals surface area (Å²) in [4.78, 5) is 24.8. The maximum atomic E-state index is 12.0. The van der Waals surface area contributed by atoms with Crippen LogP contribution in [-0.2, 0) is 16.0 Å². The largest absolute Gasteiger partial charge is 0.481 e. The minimum Gasteiger partial charge on any atom is -0.481 e. The van der Waals surface area contributed by atoms with Crippen molar-refractivity contribution in [2.45, 2.75) is 32.1 Å². The fourth-order valence-corrected chi connectivity index (χ4v) is 2.58. The molecule has 1 fully saturated rings. The second-order valence-corrected chi connectivity index (χ2v) is 5.48. The number of piperidine rings is 1. The first-order valence-electron chi connectivity index (χ1n) is 7.46. The van der Waals surface area contributed by atoms with Crippen molar-refractivity contribution in [1.29, 1.82) is 0 Å². The molecule has 114 valence electrons. The Kier molecular flexibility index (Phi) is 5.75. The molecular weight excluding hydrogens is 268 g/mol. The summed E-state index contributed by atoms with van der Waals surface area (Å²) >= 11 is 0. The van der Waals surface area contributed by atoms with Crippen molar-refractivity contribution in [2.24, 2.45) is 0 Å². The lowest BCUT2D eigenvalue weighted by atomic mass is 10.1. The van der Waals surface area contributed by atoms with Crippen LogP contribution in [0, 0.1) is 0 Å². The zero-order valence-corrected chi connectivity index (χ0v) is 12.2. The lowest BCUT2D eigenvalue weighted by molar-refractivity contribution is -0.137. The second kappa shape index (κ2) is 7.78. The summed E-state index contributed by atoms with van der Waals surface area (Å²) in [5, 5.41) is 11.6. The molecule has 0 spiro atoms. The molecule has 1 amide bonds. The highest BCUT2D eigenvalue weighted by Gasteiger charge is 2.13. The monoisotopic (exact) mass is 290 g/mol. The molecule has 5 nitrogen and oxygen atoms in total. The SMILES string of the molecule is O=C(O)CCc1cccc(NC(=O)CN2CCCCC2)c1. The van der Waals surface area contributed by atoms with Crippen LogP contribution in [0.1, 0.15) is 31.2 Å². The van der Waals surface area contributed by atoms with Gasteiger partial charge in [0.1, 0.15) is 0 Å². The number of carboxylic acid groups (broad SMARTS) is 1. The van der Waals surface area contributed by atoms with Crippen LogP contribution in [0.2, 0.25) is 0 Å². The highest BCUT2D eigenvalue weighted by molar-refractivity contribution is 5.92. The van der Waals surface area contributed by atoms with E-state index in [4.69, 9.17) is 5.11 Å². The Morgan fingerprint density at radius 3 is 2.67 bits per heavy atom. The lowest BCUT2D eigenvalue weighted by Crippen LogP contribution is -2.36. The van der Waals surface area contributed by atoms with E-state index in [1.165, 1.54) is 6.42 Å². The highest BCUT2D eigenvalue weighted by Crippen LogP contribution is 2.13. The number of carboxylic acids is 1. The zero-order valence-electron chi connectivity index (χ0n) is 12.2. The van der Waals surface area contributed by atoms with Crippen molar-refractivity contribution < 1.29 is 14.7 Å². The molecule has 0 saturated carbocycles. The molecule has 5 heteroatoms. The van der Waals surface area contributed by atoms with E-state index < -0.39 is 5.97 Å². The van der Waals surface area contributed by atoms with E-state index >= 15 is 0 Å². The zero-order chi connectivity index (χ0) is 15.1. The first-order chi connectivity index (χ1) is 10.1. The van der Waals surface area contributed by atoms with Gasteiger partial charge in [0.25, 0.3) is 0 Å². The van der Waals surface area contributed by atoms with E-state index in [2.05, 4.69) is 10.2 Å². The fraction of sp³-hybridized carbons (Fsp3) is 0.500. The van der Waals surface area contributed by atoms with Gasteiger partial charge in [-0.3, -0.25) is 14.5 Å². The number of hydrogen-bond acceptors (Lipinski definition) is 3. The quantitative estimate of drug-likeness (QED) is 0.842. The summed E-state index contributed by atoms with van der Waals surface area (Å²) in [5.41, 5.74) is 1.66. The predicted molar refractivity (Wildman–Crippen MR) is 81.3 cm³/mol. The molecule has 1 aromatic carbocycles. The number of likely N-dealkylation sites (tertiary alicyclic amines) is 1. The van der Waals surface area contributed by atoms with E-state index in [-0.39, 0.29) is 12.3 Å². The van der Waals surface area contributed by atoms with Gasteiger partial charge in [-0.05, 0) is 50.0 Å². The Bertz CT molecular complexity index is 496. The van der Waals surface area contributed by atoms with E-state index in [1.54, 1.807) is 0 Å². The summed E-state index contributed by atoms with van der Waals surface area (Å²) in [6, 6.07) is 7.40. The third kappa shape index (κ3) is 5.55. The van der Waals surface area contributed by atoms with Gasteiger partial charge >= 0.3 is 5.97 Å².